The van der Waals surface area contributed by atoms with Crippen molar-refractivity contribution in [1.82, 2.24) is 9.97 Å². The van der Waals surface area contributed by atoms with Gasteiger partial charge in [-0.25, -0.2) is 9.97 Å². The highest BCUT2D eigenvalue weighted by molar-refractivity contribution is 5.61. The van der Waals surface area contributed by atoms with Crippen LogP contribution >= 0.6 is 0 Å². The standard InChI is InChI=1S/C12H7F6N3/c13-11(14,15)7-3-1-2-6(4-7)8-5-9(12(16,17)18)21-10(19)20-8/h1-5H,(H2,19,20,21). The van der Waals surface area contributed by atoms with Gasteiger partial charge in [0.2, 0.25) is 5.95 Å². The van der Waals surface area contributed by atoms with Crippen molar-refractivity contribution in [2.75, 3.05) is 5.73 Å². The van der Waals surface area contributed by atoms with Gasteiger partial charge in [0.15, 0.2) is 5.69 Å². The summed E-state index contributed by atoms with van der Waals surface area (Å²) >= 11 is 0. The maximum Gasteiger partial charge on any atom is 0.433 e. The second-order valence-electron chi connectivity index (χ2n) is 4.07. The molecule has 2 aromatic rings. The minimum absolute atomic E-state index is 0.135. The van der Waals surface area contributed by atoms with Crippen molar-refractivity contribution >= 4 is 5.95 Å². The van der Waals surface area contributed by atoms with Gasteiger partial charge in [0.1, 0.15) is 0 Å². The van der Waals surface area contributed by atoms with Gasteiger partial charge in [-0.15, -0.1) is 0 Å². The van der Waals surface area contributed by atoms with Crippen LogP contribution in [0.3, 0.4) is 0 Å². The molecule has 0 amide bonds. The van der Waals surface area contributed by atoms with Crippen LogP contribution in [0.15, 0.2) is 30.3 Å². The van der Waals surface area contributed by atoms with Crippen molar-refractivity contribution in [3.05, 3.63) is 41.6 Å². The highest BCUT2D eigenvalue weighted by Crippen LogP contribution is 2.34. The summed E-state index contributed by atoms with van der Waals surface area (Å²) in [7, 11) is 0. The van der Waals surface area contributed by atoms with Gasteiger partial charge in [-0.1, -0.05) is 12.1 Å². The fraction of sp³-hybridized carbons (Fsp3) is 0.167. The minimum Gasteiger partial charge on any atom is -0.368 e. The molecule has 112 valence electrons. The summed E-state index contributed by atoms with van der Waals surface area (Å²) in [6, 6.07) is 4.33. The van der Waals surface area contributed by atoms with Gasteiger partial charge in [-0.05, 0) is 18.2 Å². The van der Waals surface area contributed by atoms with Gasteiger partial charge >= 0.3 is 12.4 Å². The molecule has 1 aromatic heterocycles. The molecule has 0 atom stereocenters. The van der Waals surface area contributed by atoms with Crippen LogP contribution in [0.4, 0.5) is 32.3 Å². The number of rotatable bonds is 1. The summed E-state index contributed by atoms with van der Waals surface area (Å²) < 4.78 is 75.6. The Morgan fingerprint density at radius 2 is 1.52 bits per heavy atom. The minimum atomic E-state index is -4.77. The molecule has 0 aliphatic rings. The number of nitrogens with zero attached hydrogens (tertiary/aromatic N) is 2. The van der Waals surface area contributed by atoms with E-state index in [0.29, 0.717) is 12.1 Å². The number of alkyl halides is 6. The molecule has 2 N–H and O–H groups in total. The number of hydrogen-bond donors (Lipinski definition) is 1. The molecule has 0 bridgehead atoms. The lowest BCUT2D eigenvalue weighted by Crippen LogP contribution is -2.11. The van der Waals surface area contributed by atoms with E-state index in [1.54, 1.807) is 0 Å². The molecule has 0 saturated heterocycles. The van der Waals surface area contributed by atoms with Gasteiger partial charge < -0.3 is 5.73 Å². The molecule has 21 heavy (non-hydrogen) atoms. The number of halogens is 6. The zero-order chi connectivity index (χ0) is 15.8. The maximum absolute atomic E-state index is 12.6. The summed E-state index contributed by atoms with van der Waals surface area (Å²) in [4.78, 5) is 6.56. The lowest BCUT2D eigenvalue weighted by Gasteiger charge is -2.11. The van der Waals surface area contributed by atoms with Crippen molar-refractivity contribution < 1.29 is 26.3 Å². The van der Waals surface area contributed by atoms with Gasteiger partial charge in [0.25, 0.3) is 0 Å². The summed E-state index contributed by atoms with van der Waals surface area (Å²) in [6.45, 7) is 0. The summed E-state index contributed by atoms with van der Waals surface area (Å²) in [5, 5.41) is 0. The Hall–Kier alpha value is -2.32. The molecule has 0 saturated carbocycles. The van der Waals surface area contributed by atoms with E-state index in [4.69, 9.17) is 5.73 Å². The van der Waals surface area contributed by atoms with E-state index >= 15 is 0 Å². The summed E-state index contributed by atoms with van der Waals surface area (Å²) in [6.07, 6.45) is -9.38. The number of anilines is 1. The van der Waals surface area contributed by atoms with Crippen LogP contribution in [-0.2, 0) is 12.4 Å². The second kappa shape index (κ2) is 4.90. The van der Waals surface area contributed by atoms with E-state index in [1.165, 1.54) is 6.07 Å². The van der Waals surface area contributed by atoms with Crippen LogP contribution in [-0.4, -0.2) is 9.97 Å². The highest BCUT2D eigenvalue weighted by atomic mass is 19.4. The molecule has 0 aliphatic carbocycles. The van der Waals surface area contributed by atoms with Crippen molar-refractivity contribution in [1.29, 1.82) is 0 Å². The van der Waals surface area contributed by atoms with Crippen LogP contribution in [0.5, 0.6) is 0 Å². The first-order chi connectivity index (χ1) is 9.57. The van der Waals surface area contributed by atoms with E-state index in [9.17, 15) is 26.3 Å². The molecule has 0 spiro atoms. The normalized spacial score (nSPS) is 12.5. The first kappa shape index (κ1) is 15.1. The van der Waals surface area contributed by atoms with E-state index in [1.807, 2.05) is 0 Å². The average molecular weight is 307 g/mol. The average Bonchev–Trinajstić information content (AvgIpc) is 2.36. The van der Waals surface area contributed by atoms with Crippen LogP contribution in [0.1, 0.15) is 11.3 Å². The number of nitrogen functional groups attached to an aromatic ring is 1. The topological polar surface area (TPSA) is 51.8 Å². The van der Waals surface area contributed by atoms with Crippen LogP contribution in [0, 0.1) is 0 Å². The third-order valence-electron chi connectivity index (χ3n) is 2.52. The predicted molar refractivity (Wildman–Crippen MR) is 61.9 cm³/mol. The predicted octanol–water partition coefficient (Wildman–Crippen LogP) is 3.76. The Morgan fingerprint density at radius 3 is 2.10 bits per heavy atom. The van der Waals surface area contributed by atoms with E-state index in [0.717, 1.165) is 12.1 Å². The van der Waals surface area contributed by atoms with Gasteiger partial charge in [-0.3, -0.25) is 0 Å². The van der Waals surface area contributed by atoms with Gasteiger partial charge in [0.05, 0.1) is 11.3 Å². The largest absolute Gasteiger partial charge is 0.433 e. The molecule has 9 heteroatoms. The molecular formula is C12H7F6N3. The lowest BCUT2D eigenvalue weighted by molar-refractivity contribution is -0.141. The van der Waals surface area contributed by atoms with E-state index in [2.05, 4.69) is 9.97 Å². The zero-order valence-electron chi connectivity index (χ0n) is 10.1. The second-order valence-corrected chi connectivity index (χ2v) is 4.07. The first-order valence-corrected chi connectivity index (χ1v) is 5.47. The molecule has 0 unspecified atom stereocenters. The van der Waals surface area contributed by atoms with Crippen LogP contribution < -0.4 is 5.73 Å². The molecule has 0 radical (unpaired) electrons. The SMILES string of the molecule is Nc1nc(-c2cccc(C(F)(F)F)c2)cc(C(F)(F)F)n1. The molecule has 3 nitrogen and oxygen atoms in total. The number of nitrogens with two attached hydrogens (primary N) is 1. The fourth-order valence-electron chi connectivity index (χ4n) is 1.61. The Balaban J connectivity index is 2.55. The van der Waals surface area contributed by atoms with Crippen LogP contribution in [0.25, 0.3) is 11.3 Å². The summed E-state index contributed by atoms with van der Waals surface area (Å²) in [5.74, 6) is -0.669. The molecule has 1 heterocycles. The quantitative estimate of drug-likeness (QED) is 0.816. The fourth-order valence-corrected chi connectivity index (χ4v) is 1.61. The van der Waals surface area contributed by atoms with Crippen molar-refractivity contribution in [3.8, 4) is 11.3 Å². The highest BCUT2D eigenvalue weighted by Gasteiger charge is 2.34. The van der Waals surface area contributed by atoms with Gasteiger partial charge in [0, 0.05) is 5.56 Å². The number of aromatic nitrogens is 2. The number of hydrogen-bond acceptors (Lipinski definition) is 3. The van der Waals surface area contributed by atoms with Crippen molar-refractivity contribution in [2.24, 2.45) is 0 Å². The molecule has 0 aliphatic heterocycles. The Bertz CT molecular complexity index is 663. The third-order valence-corrected chi connectivity index (χ3v) is 2.52. The Morgan fingerprint density at radius 1 is 0.857 bits per heavy atom. The number of benzene rings is 1. The lowest BCUT2D eigenvalue weighted by atomic mass is 10.1. The molecule has 0 fully saturated rings. The monoisotopic (exact) mass is 307 g/mol. The summed E-state index contributed by atoms with van der Waals surface area (Å²) in [5.41, 5.74) is 2.39. The van der Waals surface area contributed by atoms with E-state index in [-0.39, 0.29) is 11.3 Å². The zero-order valence-corrected chi connectivity index (χ0v) is 10.1. The molecule has 2 rings (SSSR count). The first-order valence-electron chi connectivity index (χ1n) is 5.47. The molecule has 1 aromatic carbocycles. The van der Waals surface area contributed by atoms with E-state index < -0.39 is 29.6 Å². The Labute approximate surface area is 114 Å². The van der Waals surface area contributed by atoms with Crippen LogP contribution in [0.2, 0.25) is 0 Å². The maximum atomic E-state index is 12.6. The van der Waals surface area contributed by atoms with Gasteiger partial charge in [-0.2, -0.15) is 26.3 Å². The van der Waals surface area contributed by atoms with Crippen molar-refractivity contribution in [2.45, 2.75) is 12.4 Å². The Kier molecular flexibility index (Phi) is 3.52. The molecular weight excluding hydrogens is 300 g/mol. The smallest absolute Gasteiger partial charge is 0.368 e. The van der Waals surface area contributed by atoms with Crippen molar-refractivity contribution in [3.63, 3.8) is 0 Å². The third kappa shape index (κ3) is 3.41.